The molecule has 0 aromatic carbocycles. The lowest BCUT2D eigenvalue weighted by Crippen LogP contribution is -2.47. The number of aromatic nitrogens is 1. The Balaban J connectivity index is 1.48. The van der Waals surface area contributed by atoms with E-state index >= 15 is 0 Å². The van der Waals surface area contributed by atoms with Gasteiger partial charge in [0.05, 0.1) is 0 Å². The van der Waals surface area contributed by atoms with Gasteiger partial charge in [-0.2, -0.15) is 4.39 Å². The maximum absolute atomic E-state index is 13.2. The monoisotopic (exact) mass is 303 g/mol. The van der Waals surface area contributed by atoms with Crippen molar-refractivity contribution in [3.63, 3.8) is 0 Å². The van der Waals surface area contributed by atoms with E-state index < -0.39 is 5.95 Å². The lowest BCUT2D eigenvalue weighted by Gasteiger charge is -2.35. The quantitative estimate of drug-likeness (QED) is 0.804. The van der Waals surface area contributed by atoms with Gasteiger partial charge in [0.1, 0.15) is 0 Å². The summed E-state index contributed by atoms with van der Waals surface area (Å²) in [7, 11) is 0. The third-order valence-corrected chi connectivity index (χ3v) is 5.51. The van der Waals surface area contributed by atoms with Gasteiger partial charge < -0.3 is 4.90 Å². The van der Waals surface area contributed by atoms with E-state index in [4.69, 9.17) is 0 Å². The van der Waals surface area contributed by atoms with Crippen molar-refractivity contribution in [3.05, 3.63) is 29.8 Å². The molecule has 3 aliphatic rings. The van der Waals surface area contributed by atoms with Gasteiger partial charge in [-0.1, -0.05) is 0 Å². The highest BCUT2D eigenvalue weighted by Gasteiger charge is 2.48. The molecular formula is C17H22FN3O. The molecule has 1 saturated carbocycles. The zero-order valence-corrected chi connectivity index (χ0v) is 12.8. The van der Waals surface area contributed by atoms with Crippen LogP contribution in [0.25, 0.3) is 0 Å². The first-order valence-electron chi connectivity index (χ1n) is 8.32. The fraction of sp³-hybridized carbons (Fsp3) is 0.647. The van der Waals surface area contributed by atoms with Crippen LogP contribution in [0, 0.1) is 11.9 Å². The summed E-state index contributed by atoms with van der Waals surface area (Å²) in [6.45, 7) is 3.95. The van der Waals surface area contributed by atoms with Crippen molar-refractivity contribution >= 4 is 5.91 Å². The van der Waals surface area contributed by atoms with Gasteiger partial charge in [-0.05, 0) is 50.6 Å². The van der Waals surface area contributed by atoms with Crippen LogP contribution in [0.4, 0.5) is 4.39 Å². The van der Waals surface area contributed by atoms with Crippen LogP contribution in [-0.4, -0.2) is 52.4 Å². The van der Waals surface area contributed by atoms with Gasteiger partial charge in [-0.15, -0.1) is 0 Å². The SMILES string of the molecule is O=C(c1ccnc(F)c1)N1CCC2(CCCN2CC2CC2)C1. The summed E-state index contributed by atoms with van der Waals surface area (Å²) in [5.74, 6) is 0.237. The molecule has 0 radical (unpaired) electrons. The standard InChI is InChI=1S/C17H22FN3O/c18-15-10-14(4-7-19-15)16(22)20-9-6-17(12-20)5-1-8-21(17)11-13-2-3-13/h4,7,10,13H,1-3,5-6,8-9,11-12H2. The maximum atomic E-state index is 13.2. The van der Waals surface area contributed by atoms with Crippen molar-refractivity contribution in [2.24, 2.45) is 5.92 Å². The Hall–Kier alpha value is -1.49. The number of halogens is 1. The van der Waals surface area contributed by atoms with Gasteiger partial charge in [0, 0.05) is 43.0 Å². The Bertz CT molecular complexity index is 589. The highest BCUT2D eigenvalue weighted by atomic mass is 19.1. The van der Waals surface area contributed by atoms with E-state index in [1.807, 2.05) is 4.90 Å². The third kappa shape index (κ3) is 2.51. The van der Waals surface area contributed by atoms with Gasteiger partial charge in [-0.3, -0.25) is 9.69 Å². The van der Waals surface area contributed by atoms with Crippen LogP contribution < -0.4 is 0 Å². The number of nitrogens with zero attached hydrogens (tertiary/aromatic N) is 3. The molecule has 4 nitrogen and oxygen atoms in total. The van der Waals surface area contributed by atoms with Gasteiger partial charge in [-0.25, -0.2) is 4.98 Å². The van der Waals surface area contributed by atoms with Crippen molar-refractivity contribution in [1.29, 1.82) is 0 Å². The molecule has 22 heavy (non-hydrogen) atoms. The van der Waals surface area contributed by atoms with Gasteiger partial charge >= 0.3 is 0 Å². The summed E-state index contributed by atoms with van der Waals surface area (Å²) in [5.41, 5.74) is 0.598. The van der Waals surface area contributed by atoms with Crippen LogP contribution in [-0.2, 0) is 0 Å². The number of carbonyl (C=O) groups is 1. The number of likely N-dealkylation sites (tertiary alicyclic amines) is 2. The molecule has 1 aliphatic carbocycles. The predicted octanol–water partition coefficient (Wildman–Crippen LogP) is 2.31. The van der Waals surface area contributed by atoms with Gasteiger partial charge in [0.15, 0.2) is 0 Å². The summed E-state index contributed by atoms with van der Waals surface area (Å²) < 4.78 is 13.2. The lowest BCUT2D eigenvalue weighted by atomic mass is 9.95. The fourth-order valence-corrected chi connectivity index (χ4v) is 4.10. The van der Waals surface area contributed by atoms with Crippen LogP contribution in [0.5, 0.6) is 0 Å². The average molecular weight is 303 g/mol. The van der Waals surface area contributed by atoms with Crippen molar-refractivity contribution in [1.82, 2.24) is 14.8 Å². The molecule has 1 aromatic heterocycles. The van der Waals surface area contributed by atoms with E-state index in [2.05, 4.69) is 9.88 Å². The van der Waals surface area contributed by atoms with Crippen LogP contribution in [0.3, 0.4) is 0 Å². The Morgan fingerprint density at radius 2 is 2.23 bits per heavy atom. The molecule has 0 N–H and O–H groups in total. The summed E-state index contributed by atoms with van der Waals surface area (Å²) in [5, 5.41) is 0. The first-order valence-corrected chi connectivity index (χ1v) is 8.32. The number of pyridine rings is 1. The first-order chi connectivity index (χ1) is 10.7. The maximum Gasteiger partial charge on any atom is 0.254 e. The van der Waals surface area contributed by atoms with Gasteiger partial charge in [0.2, 0.25) is 5.95 Å². The van der Waals surface area contributed by atoms with Crippen molar-refractivity contribution in [2.75, 3.05) is 26.2 Å². The van der Waals surface area contributed by atoms with E-state index in [1.165, 1.54) is 51.0 Å². The molecule has 4 rings (SSSR count). The number of rotatable bonds is 3. The number of hydrogen-bond acceptors (Lipinski definition) is 3. The first kappa shape index (κ1) is 14.1. The Kier molecular flexibility index (Phi) is 3.40. The van der Waals surface area contributed by atoms with E-state index in [1.54, 1.807) is 6.07 Å². The third-order valence-electron chi connectivity index (χ3n) is 5.51. The molecule has 2 saturated heterocycles. The molecule has 5 heteroatoms. The molecule has 1 atom stereocenters. The van der Waals surface area contributed by atoms with Crippen molar-refractivity contribution in [3.8, 4) is 0 Å². The largest absolute Gasteiger partial charge is 0.337 e. The number of carbonyl (C=O) groups excluding carboxylic acids is 1. The lowest BCUT2D eigenvalue weighted by molar-refractivity contribution is 0.0743. The normalized spacial score (nSPS) is 28.7. The van der Waals surface area contributed by atoms with Crippen molar-refractivity contribution in [2.45, 2.75) is 37.6 Å². The van der Waals surface area contributed by atoms with E-state index in [9.17, 15) is 9.18 Å². The zero-order valence-electron chi connectivity index (χ0n) is 12.8. The van der Waals surface area contributed by atoms with Crippen LogP contribution in [0.1, 0.15) is 42.5 Å². The second kappa shape index (κ2) is 5.30. The minimum absolute atomic E-state index is 0.0588. The molecule has 1 spiro atoms. The highest BCUT2D eigenvalue weighted by molar-refractivity contribution is 5.94. The van der Waals surface area contributed by atoms with Gasteiger partial charge in [0.25, 0.3) is 5.91 Å². The van der Waals surface area contributed by atoms with Crippen molar-refractivity contribution < 1.29 is 9.18 Å². The molecule has 118 valence electrons. The van der Waals surface area contributed by atoms with Crippen LogP contribution in [0.15, 0.2) is 18.3 Å². The second-order valence-corrected chi connectivity index (χ2v) is 7.06. The summed E-state index contributed by atoms with van der Waals surface area (Å²) in [6, 6.07) is 2.84. The number of hydrogen-bond donors (Lipinski definition) is 0. The van der Waals surface area contributed by atoms with E-state index in [0.29, 0.717) is 5.56 Å². The topological polar surface area (TPSA) is 36.4 Å². The minimum Gasteiger partial charge on any atom is -0.337 e. The Morgan fingerprint density at radius 3 is 3.00 bits per heavy atom. The van der Waals surface area contributed by atoms with Crippen LogP contribution >= 0.6 is 0 Å². The average Bonchev–Trinajstić information content (AvgIpc) is 3.10. The summed E-state index contributed by atoms with van der Waals surface area (Å²) in [4.78, 5) is 20.7. The molecule has 0 bridgehead atoms. The molecular weight excluding hydrogens is 281 g/mol. The minimum atomic E-state index is -0.587. The fourth-order valence-electron chi connectivity index (χ4n) is 4.10. The molecule has 3 fully saturated rings. The van der Waals surface area contributed by atoms with E-state index in [-0.39, 0.29) is 11.4 Å². The van der Waals surface area contributed by atoms with Crippen LogP contribution in [0.2, 0.25) is 0 Å². The molecule has 1 amide bonds. The second-order valence-electron chi connectivity index (χ2n) is 7.06. The molecule has 2 aliphatic heterocycles. The summed E-state index contributed by atoms with van der Waals surface area (Å²) in [6.07, 6.45) is 7.58. The highest BCUT2D eigenvalue weighted by Crippen LogP contribution is 2.41. The Labute approximate surface area is 130 Å². The molecule has 3 heterocycles. The predicted molar refractivity (Wildman–Crippen MR) is 81.0 cm³/mol. The number of amides is 1. The van der Waals surface area contributed by atoms with E-state index in [0.717, 1.165) is 25.4 Å². The molecule has 1 unspecified atom stereocenters. The Morgan fingerprint density at radius 1 is 1.36 bits per heavy atom. The molecule has 1 aromatic rings. The summed E-state index contributed by atoms with van der Waals surface area (Å²) >= 11 is 0. The smallest absolute Gasteiger partial charge is 0.254 e. The zero-order chi connectivity index (χ0) is 15.2.